The number of hydrogen-bond acceptors (Lipinski definition) is 2. The molecule has 102 valence electrons. The summed E-state index contributed by atoms with van der Waals surface area (Å²) in [6, 6.07) is 14.5. The van der Waals surface area contributed by atoms with Crippen LogP contribution in [0.3, 0.4) is 0 Å². The third kappa shape index (κ3) is 3.12. The smallest absolute Gasteiger partial charge is 0.296 e. The molecule has 0 aliphatic carbocycles. The highest BCUT2D eigenvalue weighted by Gasteiger charge is 2.16. The van der Waals surface area contributed by atoms with Crippen molar-refractivity contribution in [3.8, 4) is 0 Å². The van der Waals surface area contributed by atoms with Crippen molar-refractivity contribution >= 4 is 17.4 Å². The Labute approximate surface area is 118 Å². The highest BCUT2D eigenvalue weighted by Crippen LogP contribution is 2.14. The van der Waals surface area contributed by atoms with Crippen LogP contribution in [-0.2, 0) is 11.2 Å². The average Bonchev–Trinajstić information content (AvgIpc) is 2.49. The molecule has 0 aliphatic rings. The van der Waals surface area contributed by atoms with Gasteiger partial charge in [-0.1, -0.05) is 49.4 Å². The molecule has 0 spiro atoms. The fraction of sp³-hybridized carbons (Fsp3) is 0.176. The van der Waals surface area contributed by atoms with E-state index in [9.17, 15) is 9.59 Å². The van der Waals surface area contributed by atoms with E-state index < -0.39 is 11.7 Å². The third-order valence-corrected chi connectivity index (χ3v) is 3.22. The molecule has 0 saturated carbocycles. The van der Waals surface area contributed by atoms with Crippen molar-refractivity contribution in [1.29, 1.82) is 0 Å². The van der Waals surface area contributed by atoms with Gasteiger partial charge in [-0.15, -0.1) is 0 Å². The first-order valence-electron chi connectivity index (χ1n) is 6.62. The lowest BCUT2D eigenvalue weighted by Gasteiger charge is -2.07. The minimum absolute atomic E-state index is 0.410. The van der Waals surface area contributed by atoms with E-state index in [4.69, 9.17) is 0 Å². The van der Waals surface area contributed by atoms with Gasteiger partial charge in [0, 0.05) is 11.3 Å². The first-order valence-corrected chi connectivity index (χ1v) is 6.62. The summed E-state index contributed by atoms with van der Waals surface area (Å²) < 4.78 is 0. The number of Topliss-reactive ketones (excluding diaryl/α,β-unsaturated/α-hetero) is 1. The van der Waals surface area contributed by atoms with Crippen LogP contribution in [0.5, 0.6) is 0 Å². The van der Waals surface area contributed by atoms with Crippen LogP contribution in [0.2, 0.25) is 0 Å². The number of benzene rings is 2. The maximum atomic E-state index is 12.0. The van der Waals surface area contributed by atoms with Crippen molar-refractivity contribution in [2.24, 2.45) is 0 Å². The van der Waals surface area contributed by atoms with Crippen molar-refractivity contribution < 1.29 is 9.59 Å². The zero-order valence-corrected chi connectivity index (χ0v) is 11.6. The quantitative estimate of drug-likeness (QED) is 0.682. The Morgan fingerprint density at radius 1 is 1.00 bits per heavy atom. The SMILES string of the molecule is CCc1ccc(C(=O)C(=O)Nc2ccccc2C)cc1. The van der Waals surface area contributed by atoms with Crippen LogP contribution in [-0.4, -0.2) is 11.7 Å². The van der Waals surface area contributed by atoms with Crippen molar-refractivity contribution in [3.63, 3.8) is 0 Å². The van der Waals surface area contributed by atoms with Crippen molar-refractivity contribution in [2.45, 2.75) is 20.3 Å². The van der Waals surface area contributed by atoms with Crippen molar-refractivity contribution in [1.82, 2.24) is 0 Å². The van der Waals surface area contributed by atoms with Gasteiger partial charge >= 0.3 is 0 Å². The second-order valence-corrected chi connectivity index (χ2v) is 4.65. The normalized spacial score (nSPS) is 10.1. The Morgan fingerprint density at radius 3 is 2.25 bits per heavy atom. The summed E-state index contributed by atoms with van der Waals surface area (Å²) in [6.45, 7) is 3.93. The number of rotatable bonds is 4. The van der Waals surface area contributed by atoms with Crippen LogP contribution >= 0.6 is 0 Å². The first-order chi connectivity index (χ1) is 9.61. The summed E-state index contributed by atoms with van der Waals surface area (Å²) in [5.41, 5.74) is 3.14. The monoisotopic (exact) mass is 267 g/mol. The molecule has 0 aromatic heterocycles. The minimum Gasteiger partial charge on any atom is -0.319 e. The van der Waals surface area contributed by atoms with E-state index in [2.05, 4.69) is 5.32 Å². The number of carbonyl (C=O) groups excluding carboxylic acids is 2. The minimum atomic E-state index is -0.608. The second-order valence-electron chi connectivity index (χ2n) is 4.65. The number of nitrogens with one attached hydrogen (secondary N) is 1. The summed E-state index contributed by atoms with van der Waals surface area (Å²) in [5, 5.41) is 2.65. The van der Waals surface area contributed by atoms with Gasteiger partial charge in [0.15, 0.2) is 0 Å². The Kier molecular flexibility index (Phi) is 4.31. The molecule has 0 unspecified atom stereocenters. The fourth-order valence-electron chi connectivity index (χ4n) is 1.92. The van der Waals surface area contributed by atoms with Gasteiger partial charge in [-0.05, 0) is 30.5 Å². The average molecular weight is 267 g/mol. The summed E-state index contributed by atoms with van der Waals surface area (Å²) in [5.74, 6) is -1.13. The number of amides is 1. The third-order valence-electron chi connectivity index (χ3n) is 3.22. The van der Waals surface area contributed by atoms with E-state index in [0.717, 1.165) is 17.5 Å². The van der Waals surface area contributed by atoms with Gasteiger partial charge in [-0.2, -0.15) is 0 Å². The highest BCUT2D eigenvalue weighted by atomic mass is 16.2. The largest absolute Gasteiger partial charge is 0.319 e. The highest BCUT2D eigenvalue weighted by molar-refractivity contribution is 6.46. The predicted molar refractivity (Wildman–Crippen MR) is 80.0 cm³/mol. The standard InChI is InChI=1S/C17H17NO2/c1-3-13-8-10-14(11-9-13)16(19)17(20)18-15-7-5-4-6-12(15)2/h4-11H,3H2,1-2H3,(H,18,20). The van der Waals surface area contributed by atoms with Crippen LogP contribution in [0.15, 0.2) is 48.5 Å². The zero-order valence-electron chi connectivity index (χ0n) is 11.6. The van der Waals surface area contributed by atoms with E-state index in [1.807, 2.05) is 44.2 Å². The summed E-state index contributed by atoms with van der Waals surface area (Å²) in [4.78, 5) is 24.0. The number of hydrogen-bond donors (Lipinski definition) is 1. The molecule has 2 aromatic carbocycles. The summed E-state index contributed by atoms with van der Waals surface area (Å²) in [6.07, 6.45) is 0.907. The van der Waals surface area contributed by atoms with Crippen LogP contribution in [0.25, 0.3) is 0 Å². The molecule has 20 heavy (non-hydrogen) atoms. The number of aryl methyl sites for hydroxylation is 2. The van der Waals surface area contributed by atoms with Gasteiger partial charge in [0.1, 0.15) is 0 Å². The van der Waals surface area contributed by atoms with Crippen LogP contribution in [0.1, 0.15) is 28.4 Å². The molecule has 3 nitrogen and oxygen atoms in total. The summed E-state index contributed by atoms with van der Waals surface area (Å²) in [7, 11) is 0. The lowest BCUT2D eigenvalue weighted by molar-refractivity contribution is -0.112. The van der Waals surface area contributed by atoms with Gasteiger partial charge in [0.2, 0.25) is 0 Å². The Balaban J connectivity index is 2.12. The lowest BCUT2D eigenvalue weighted by atomic mass is 10.1. The number of carbonyl (C=O) groups is 2. The molecule has 1 amide bonds. The maximum absolute atomic E-state index is 12.0. The molecular weight excluding hydrogens is 250 g/mol. The molecule has 0 heterocycles. The molecule has 0 aliphatic heterocycles. The maximum Gasteiger partial charge on any atom is 0.296 e. The Bertz CT molecular complexity index is 630. The molecule has 0 atom stereocenters. The van der Waals surface area contributed by atoms with Crippen LogP contribution in [0, 0.1) is 6.92 Å². The van der Waals surface area contributed by atoms with E-state index in [1.54, 1.807) is 18.2 Å². The molecule has 1 N–H and O–H groups in total. The second kappa shape index (κ2) is 6.15. The van der Waals surface area contributed by atoms with E-state index in [0.29, 0.717) is 11.3 Å². The molecule has 2 aromatic rings. The zero-order chi connectivity index (χ0) is 14.5. The molecule has 0 fully saturated rings. The predicted octanol–water partition coefficient (Wildman–Crippen LogP) is 3.38. The van der Waals surface area contributed by atoms with Gasteiger partial charge in [-0.25, -0.2) is 0 Å². The molecule has 2 rings (SSSR count). The van der Waals surface area contributed by atoms with E-state index >= 15 is 0 Å². The lowest BCUT2D eigenvalue weighted by Crippen LogP contribution is -2.23. The van der Waals surface area contributed by atoms with E-state index in [1.165, 1.54) is 0 Å². The van der Waals surface area contributed by atoms with Gasteiger partial charge in [0.25, 0.3) is 11.7 Å². The molecule has 0 bridgehead atoms. The van der Waals surface area contributed by atoms with Crippen molar-refractivity contribution in [3.05, 3.63) is 65.2 Å². The molecule has 3 heteroatoms. The Morgan fingerprint density at radius 2 is 1.65 bits per heavy atom. The Hall–Kier alpha value is -2.42. The van der Waals surface area contributed by atoms with Gasteiger partial charge < -0.3 is 5.32 Å². The fourth-order valence-corrected chi connectivity index (χ4v) is 1.92. The molecule has 0 radical (unpaired) electrons. The molecule has 0 saturated heterocycles. The number of anilines is 1. The number of ketones is 1. The topological polar surface area (TPSA) is 46.2 Å². The van der Waals surface area contributed by atoms with Crippen LogP contribution < -0.4 is 5.32 Å². The van der Waals surface area contributed by atoms with Crippen molar-refractivity contribution in [2.75, 3.05) is 5.32 Å². The summed E-state index contributed by atoms with van der Waals surface area (Å²) >= 11 is 0. The van der Waals surface area contributed by atoms with Gasteiger partial charge in [-0.3, -0.25) is 9.59 Å². The van der Waals surface area contributed by atoms with Gasteiger partial charge in [0.05, 0.1) is 0 Å². The molecular formula is C17H17NO2. The van der Waals surface area contributed by atoms with Crippen LogP contribution in [0.4, 0.5) is 5.69 Å². The number of para-hydroxylation sites is 1. The van der Waals surface area contributed by atoms with E-state index in [-0.39, 0.29) is 0 Å². The first kappa shape index (κ1) is 14.0.